The number of amides is 1. The summed E-state index contributed by atoms with van der Waals surface area (Å²) in [5.74, 6) is -0.101. The van der Waals surface area contributed by atoms with Crippen LogP contribution in [0.25, 0.3) is 0 Å². The molecule has 4 N–H and O–H groups in total. The molecule has 1 rings (SSSR count). The lowest BCUT2D eigenvalue weighted by Crippen LogP contribution is -2.28. The summed E-state index contributed by atoms with van der Waals surface area (Å²) < 4.78 is 0.749. The molecule has 0 heterocycles. The lowest BCUT2D eigenvalue weighted by molar-refractivity contribution is 0.0954. The summed E-state index contributed by atoms with van der Waals surface area (Å²) in [7, 11) is 0. The second-order valence-electron chi connectivity index (χ2n) is 3.58. The summed E-state index contributed by atoms with van der Waals surface area (Å²) in [5, 5.41) is 13.8. The van der Waals surface area contributed by atoms with E-state index in [4.69, 9.17) is 10.9 Å². The number of oxime groups is 1. The monoisotopic (exact) mass is 299 g/mol. The number of hydrogen-bond donors (Lipinski definition) is 3. The van der Waals surface area contributed by atoms with Gasteiger partial charge in [-0.3, -0.25) is 4.79 Å². The van der Waals surface area contributed by atoms with Crippen LogP contribution in [0.2, 0.25) is 0 Å². The van der Waals surface area contributed by atoms with E-state index in [0.29, 0.717) is 18.5 Å². The van der Waals surface area contributed by atoms with Crippen molar-refractivity contribution in [2.24, 2.45) is 10.9 Å². The first kappa shape index (κ1) is 13.5. The van der Waals surface area contributed by atoms with Crippen LogP contribution in [0.15, 0.2) is 27.8 Å². The Morgan fingerprint density at radius 2 is 2.29 bits per heavy atom. The molecule has 0 aliphatic rings. The van der Waals surface area contributed by atoms with Crippen molar-refractivity contribution in [3.8, 4) is 0 Å². The smallest absolute Gasteiger partial charge is 0.252 e. The van der Waals surface area contributed by atoms with Gasteiger partial charge in [-0.15, -0.1) is 0 Å². The molecule has 0 radical (unpaired) electrons. The molecule has 17 heavy (non-hydrogen) atoms. The SMILES string of the molecule is Cc1ccc(C(=O)NCC/C(N)=N/O)c(Br)c1. The number of nitrogens with two attached hydrogens (primary N) is 1. The Hall–Kier alpha value is -1.56. The number of halogens is 1. The number of amidine groups is 1. The molecule has 5 nitrogen and oxygen atoms in total. The number of rotatable bonds is 4. The van der Waals surface area contributed by atoms with Gasteiger partial charge in [0.05, 0.1) is 5.56 Å². The molecule has 0 bridgehead atoms. The minimum Gasteiger partial charge on any atom is -0.409 e. The van der Waals surface area contributed by atoms with Crippen LogP contribution in [0.3, 0.4) is 0 Å². The number of nitrogens with zero attached hydrogens (tertiary/aromatic N) is 1. The van der Waals surface area contributed by atoms with Gasteiger partial charge in [-0.25, -0.2) is 0 Å². The van der Waals surface area contributed by atoms with E-state index in [1.165, 1.54) is 0 Å². The minimum atomic E-state index is -0.192. The average Bonchev–Trinajstić information content (AvgIpc) is 2.28. The first-order valence-corrected chi connectivity index (χ1v) is 5.84. The predicted octanol–water partition coefficient (Wildman–Crippen LogP) is 1.62. The van der Waals surface area contributed by atoms with Crippen LogP contribution < -0.4 is 11.1 Å². The molecule has 1 aromatic rings. The van der Waals surface area contributed by atoms with E-state index in [9.17, 15) is 4.79 Å². The van der Waals surface area contributed by atoms with Crippen LogP contribution in [0.1, 0.15) is 22.3 Å². The topological polar surface area (TPSA) is 87.7 Å². The predicted molar refractivity (Wildman–Crippen MR) is 69.2 cm³/mol. The summed E-state index contributed by atoms with van der Waals surface area (Å²) in [5.41, 5.74) is 6.93. The van der Waals surface area contributed by atoms with E-state index >= 15 is 0 Å². The van der Waals surface area contributed by atoms with E-state index in [0.717, 1.165) is 10.0 Å². The molecule has 0 unspecified atom stereocenters. The third-order valence-corrected chi connectivity index (χ3v) is 2.82. The number of carbonyl (C=O) groups is 1. The third-order valence-electron chi connectivity index (χ3n) is 2.16. The number of aryl methyl sites for hydroxylation is 1. The van der Waals surface area contributed by atoms with Gasteiger partial charge in [-0.1, -0.05) is 11.2 Å². The van der Waals surface area contributed by atoms with Gasteiger partial charge in [0.1, 0.15) is 5.84 Å². The Bertz CT molecular complexity index is 446. The van der Waals surface area contributed by atoms with E-state index in [2.05, 4.69) is 26.4 Å². The maximum Gasteiger partial charge on any atom is 0.252 e. The number of nitrogens with one attached hydrogen (secondary N) is 1. The van der Waals surface area contributed by atoms with Gasteiger partial charge in [0, 0.05) is 17.4 Å². The Labute approximate surface area is 108 Å². The molecule has 0 aromatic heterocycles. The zero-order valence-electron chi connectivity index (χ0n) is 9.40. The third kappa shape index (κ3) is 4.07. The van der Waals surface area contributed by atoms with E-state index in [1.807, 2.05) is 19.1 Å². The van der Waals surface area contributed by atoms with Gasteiger partial charge < -0.3 is 16.3 Å². The first-order chi connectivity index (χ1) is 8.04. The summed E-state index contributed by atoms with van der Waals surface area (Å²) in [4.78, 5) is 11.8. The number of hydrogen-bond acceptors (Lipinski definition) is 3. The molecule has 0 saturated carbocycles. The van der Waals surface area contributed by atoms with Crippen molar-refractivity contribution in [3.05, 3.63) is 33.8 Å². The van der Waals surface area contributed by atoms with Crippen LogP contribution in [-0.2, 0) is 0 Å². The molecule has 0 aliphatic heterocycles. The summed E-state index contributed by atoms with van der Waals surface area (Å²) in [6.45, 7) is 2.28. The highest BCUT2D eigenvalue weighted by molar-refractivity contribution is 9.10. The summed E-state index contributed by atoms with van der Waals surface area (Å²) in [6.07, 6.45) is 0.311. The fourth-order valence-electron chi connectivity index (χ4n) is 1.25. The lowest BCUT2D eigenvalue weighted by atomic mass is 10.1. The molecule has 0 atom stereocenters. The number of carbonyl (C=O) groups excluding carboxylic acids is 1. The highest BCUT2D eigenvalue weighted by Crippen LogP contribution is 2.18. The molecular weight excluding hydrogens is 286 g/mol. The maximum atomic E-state index is 11.8. The van der Waals surface area contributed by atoms with E-state index in [1.54, 1.807) is 6.07 Å². The van der Waals surface area contributed by atoms with Crippen LogP contribution in [0, 0.1) is 6.92 Å². The second-order valence-corrected chi connectivity index (χ2v) is 4.43. The van der Waals surface area contributed by atoms with Gasteiger partial charge >= 0.3 is 0 Å². The van der Waals surface area contributed by atoms with Gasteiger partial charge in [0.25, 0.3) is 5.91 Å². The second kappa shape index (κ2) is 6.24. The maximum absolute atomic E-state index is 11.8. The molecule has 92 valence electrons. The van der Waals surface area contributed by atoms with Gasteiger partial charge in [0.15, 0.2) is 0 Å². The van der Waals surface area contributed by atoms with E-state index in [-0.39, 0.29) is 11.7 Å². The Morgan fingerprint density at radius 3 is 2.88 bits per heavy atom. The van der Waals surface area contributed by atoms with Crippen LogP contribution >= 0.6 is 15.9 Å². The zero-order valence-corrected chi connectivity index (χ0v) is 11.0. The molecule has 0 saturated heterocycles. The molecule has 0 spiro atoms. The molecule has 6 heteroatoms. The van der Waals surface area contributed by atoms with Gasteiger partial charge in [-0.05, 0) is 40.5 Å². The van der Waals surface area contributed by atoms with Crippen molar-refractivity contribution in [2.45, 2.75) is 13.3 Å². The van der Waals surface area contributed by atoms with Crippen LogP contribution in [0.4, 0.5) is 0 Å². The summed E-state index contributed by atoms with van der Waals surface area (Å²) in [6, 6.07) is 5.49. The van der Waals surface area contributed by atoms with Crippen molar-refractivity contribution < 1.29 is 10.0 Å². The van der Waals surface area contributed by atoms with Crippen molar-refractivity contribution in [2.75, 3.05) is 6.54 Å². The summed E-state index contributed by atoms with van der Waals surface area (Å²) >= 11 is 3.33. The van der Waals surface area contributed by atoms with Crippen molar-refractivity contribution in [1.82, 2.24) is 5.32 Å². The molecule has 0 aliphatic carbocycles. The highest BCUT2D eigenvalue weighted by Gasteiger charge is 2.09. The molecule has 1 aromatic carbocycles. The van der Waals surface area contributed by atoms with Crippen LogP contribution in [0.5, 0.6) is 0 Å². The fourth-order valence-corrected chi connectivity index (χ4v) is 1.93. The first-order valence-electron chi connectivity index (χ1n) is 5.05. The Balaban J connectivity index is 2.58. The Morgan fingerprint density at radius 1 is 1.59 bits per heavy atom. The van der Waals surface area contributed by atoms with Crippen LogP contribution in [-0.4, -0.2) is 23.5 Å². The quantitative estimate of drug-likeness (QED) is 0.342. The molecule has 1 amide bonds. The van der Waals surface area contributed by atoms with Gasteiger partial charge in [-0.2, -0.15) is 0 Å². The minimum absolute atomic E-state index is 0.0910. The van der Waals surface area contributed by atoms with Crippen molar-refractivity contribution >= 4 is 27.7 Å². The van der Waals surface area contributed by atoms with Crippen molar-refractivity contribution in [1.29, 1.82) is 0 Å². The van der Waals surface area contributed by atoms with Gasteiger partial charge in [0.2, 0.25) is 0 Å². The largest absolute Gasteiger partial charge is 0.409 e. The zero-order chi connectivity index (χ0) is 12.8. The van der Waals surface area contributed by atoms with Crippen molar-refractivity contribution in [3.63, 3.8) is 0 Å². The molecule has 0 fully saturated rings. The normalized spacial score (nSPS) is 11.3. The standard InChI is InChI=1S/C11H14BrN3O2/c1-7-2-3-8(9(12)6-7)11(16)14-5-4-10(13)15-17/h2-3,6,17H,4-5H2,1H3,(H2,13,15)(H,14,16). The average molecular weight is 300 g/mol. The highest BCUT2D eigenvalue weighted by atomic mass is 79.9. The fraction of sp³-hybridized carbons (Fsp3) is 0.273. The lowest BCUT2D eigenvalue weighted by Gasteiger charge is -2.07. The Kier molecular flexibility index (Phi) is 4.96. The number of benzene rings is 1. The van der Waals surface area contributed by atoms with E-state index < -0.39 is 0 Å². The molecular formula is C11H14BrN3O2.